The van der Waals surface area contributed by atoms with E-state index >= 15 is 0 Å². The van der Waals surface area contributed by atoms with Crippen molar-refractivity contribution in [3.8, 4) is 0 Å². The molecule has 0 aromatic heterocycles. The summed E-state index contributed by atoms with van der Waals surface area (Å²) in [7, 11) is 0. The number of hydrogen-bond donors (Lipinski definition) is 0. The minimum absolute atomic E-state index is 0. The molecule has 0 radical (unpaired) electrons. The Morgan fingerprint density at radius 1 is 1.29 bits per heavy atom. The molecule has 0 N–H and O–H groups in total. The maximum Gasteiger partial charge on any atom is 2.00 e. The largest absolute Gasteiger partial charge is 2.00 e. The standard InChI is InChI=1S/C10H13NO4.C3H4O2.Ca/c1-2-3-4-7(10(14)15)11-8(12)5-6-9(11)13;1-2-3(4)5;/h5-7H,2-4H2,1H3,(H,14,15);2H,1H2,(H,4,5);/q;;+2/p-2. The van der Waals surface area contributed by atoms with Gasteiger partial charge in [0.25, 0.3) is 11.8 Å². The van der Waals surface area contributed by atoms with Crippen LogP contribution in [-0.4, -0.2) is 72.4 Å². The van der Waals surface area contributed by atoms with Crippen LogP contribution >= 0.6 is 0 Å². The Morgan fingerprint density at radius 2 is 1.71 bits per heavy atom. The van der Waals surface area contributed by atoms with Crippen molar-refractivity contribution in [3.05, 3.63) is 24.8 Å². The molecule has 0 fully saturated rings. The number of imide groups is 1. The number of hydrogen-bond acceptors (Lipinski definition) is 6. The van der Waals surface area contributed by atoms with Gasteiger partial charge in [-0.1, -0.05) is 26.3 Å². The Balaban J connectivity index is 0. The van der Waals surface area contributed by atoms with Gasteiger partial charge in [-0.3, -0.25) is 14.5 Å². The van der Waals surface area contributed by atoms with Crippen molar-refractivity contribution in [2.45, 2.75) is 32.2 Å². The Bertz CT molecular complexity index is 428. The molecule has 1 heterocycles. The Hall–Kier alpha value is -1.18. The number of amides is 2. The first kappa shape index (κ1) is 22.1. The van der Waals surface area contributed by atoms with E-state index in [1.54, 1.807) is 0 Å². The van der Waals surface area contributed by atoms with E-state index in [0.717, 1.165) is 29.5 Å². The summed E-state index contributed by atoms with van der Waals surface area (Å²) in [6.45, 7) is 4.80. The van der Waals surface area contributed by atoms with Crippen molar-refractivity contribution < 1.29 is 29.4 Å². The zero-order valence-electron chi connectivity index (χ0n) is 11.7. The number of carbonyl (C=O) groups excluding carboxylic acids is 4. The van der Waals surface area contributed by atoms with Gasteiger partial charge in [-0.05, 0) is 12.5 Å². The summed E-state index contributed by atoms with van der Waals surface area (Å²) < 4.78 is 0. The fourth-order valence-corrected chi connectivity index (χ4v) is 1.47. The number of rotatable bonds is 6. The first-order chi connectivity index (χ1) is 9.34. The van der Waals surface area contributed by atoms with Gasteiger partial charge in [-0.25, -0.2) is 0 Å². The van der Waals surface area contributed by atoms with Crippen molar-refractivity contribution in [3.63, 3.8) is 0 Å². The van der Waals surface area contributed by atoms with Gasteiger partial charge < -0.3 is 19.8 Å². The van der Waals surface area contributed by atoms with E-state index in [0.29, 0.717) is 6.42 Å². The summed E-state index contributed by atoms with van der Waals surface area (Å²) in [5, 5.41) is 19.9. The van der Waals surface area contributed by atoms with Crippen LogP contribution < -0.4 is 10.2 Å². The minimum atomic E-state index is -1.38. The zero-order valence-corrected chi connectivity index (χ0v) is 14.0. The van der Waals surface area contributed by atoms with Gasteiger partial charge in [0.05, 0.1) is 18.0 Å². The van der Waals surface area contributed by atoms with Crippen molar-refractivity contribution >= 4 is 61.5 Å². The molecule has 0 aromatic rings. The molecule has 1 aliphatic rings. The molecule has 0 bridgehead atoms. The molecule has 0 saturated carbocycles. The molecule has 7 nitrogen and oxygen atoms in total. The third-order valence-electron chi connectivity index (χ3n) is 2.42. The predicted molar refractivity (Wildman–Crippen MR) is 70.3 cm³/mol. The van der Waals surface area contributed by atoms with Gasteiger partial charge in [0.2, 0.25) is 0 Å². The van der Waals surface area contributed by atoms with Crippen LogP contribution in [0.5, 0.6) is 0 Å². The van der Waals surface area contributed by atoms with E-state index < -0.39 is 29.8 Å². The van der Waals surface area contributed by atoms with Crippen LogP contribution in [0.2, 0.25) is 0 Å². The average Bonchev–Trinajstić information content (AvgIpc) is 2.71. The summed E-state index contributed by atoms with van der Waals surface area (Å²) in [6, 6.07) is -1.14. The molecule has 0 saturated heterocycles. The van der Waals surface area contributed by atoms with Gasteiger partial charge in [0, 0.05) is 12.2 Å². The van der Waals surface area contributed by atoms with Crippen molar-refractivity contribution in [1.82, 2.24) is 4.90 Å². The number of carbonyl (C=O) groups is 4. The van der Waals surface area contributed by atoms with E-state index in [1.165, 1.54) is 0 Å². The van der Waals surface area contributed by atoms with Crippen LogP contribution in [0.25, 0.3) is 0 Å². The quantitative estimate of drug-likeness (QED) is 0.310. The molecule has 1 rings (SSSR count). The molecule has 110 valence electrons. The number of nitrogens with zero attached hydrogens (tertiary/aromatic N) is 1. The normalized spacial score (nSPS) is 13.9. The SMILES string of the molecule is C=CC(=O)[O-].CCCCC(C(=O)[O-])N1C(=O)C=CC1=O.[Ca+2]. The van der Waals surface area contributed by atoms with E-state index in [-0.39, 0.29) is 44.2 Å². The molecular formula is C13H15CaNO6. The second kappa shape index (κ2) is 11.5. The van der Waals surface area contributed by atoms with Gasteiger partial charge >= 0.3 is 37.7 Å². The number of aliphatic carboxylic acids is 2. The Kier molecular flexibility index (Phi) is 12.1. The average molecular weight is 321 g/mol. The molecule has 1 atom stereocenters. The molecule has 2 amide bonds. The van der Waals surface area contributed by atoms with Crippen molar-refractivity contribution in [2.75, 3.05) is 0 Å². The second-order valence-corrected chi connectivity index (χ2v) is 3.88. The summed E-state index contributed by atoms with van der Waals surface area (Å²) in [6.07, 6.45) is 4.55. The smallest absolute Gasteiger partial charge is 0.548 e. The molecule has 1 aliphatic heterocycles. The molecule has 0 aromatic carbocycles. The summed E-state index contributed by atoms with van der Waals surface area (Å²) in [5.74, 6) is -3.77. The molecule has 0 aliphatic carbocycles. The van der Waals surface area contributed by atoms with Gasteiger partial charge in [0.1, 0.15) is 0 Å². The molecule has 8 heteroatoms. The Morgan fingerprint density at radius 3 is 2.00 bits per heavy atom. The summed E-state index contributed by atoms with van der Waals surface area (Å²) >= 11 is 0. The molecular weight excluding hydrogens is 306 g/mol. The minimum Gasteiger partial charge on any atom is -0.548 e. The van der Waals surface area contributed by atoms with Crippen LogP contribution in [0.3, 0.4) is 0 Å². The van der Waals surface area contributed by atoms with Crippen molar-refractivity contribution in [1.29, 1.82) is 0 Å². The second-order valence-electron chi connectivity index (χ2n) is 3.88. The first-order valence-electron chi connectivity index (χ1n) is 5.94. The van der Waals surface area contributed by atoms with Gasteiger partial charge in [0.15, 0.2) is 0 Å². The van der Waals surface area contributed by atoms with Crippen LogP contribution in [0, 0.1) is 0 Å². The van der Waals surface area contributed by atoms with Gasteiger partial charge in [-0.15, -0.1) is 0 Å². The fraction of sp³-hybridized carbons (Fsp3) is 0.385. The first-order valence-corrected chi connectivity index (χ1v) is 5.94. The third kappa shape index (κ3) is 7.99. The summed E-state index contributed by atoms with van der Waals surface area (Å²) in [4.78, 5) is 43.1. The van der Waals surface area contributed by atoms with Crippen LogP contribution in [-0.2, 0) is 19.2 Å². The molecule has 1 unspecified atom stereocenters. The zero-order chi connectivity index (χ0) is 15.7. The topological polar surface area (TPSA) is 118 Å². The van der Waals surface area contributed by atoms with Gasteiger partial charge in [-0.2, -0.15) is 0 Å². The number of carboxylic acid groups (broad SMARTS) is 2. The van der Waals surface area contributed by atoms with Crippen LogP contribution in [0.15, 0.2) is 24.8 Å². The van der Waals surface area contributed by atoms with E-state index in [2.05, 4.69) is 6.58 Å². The van der Waals surface area contributed by atoms with Crippen molar-refractivity contribution in [2.24, 2.45) is 0 Å². The van der Waals surface area contributed by atoms with Crippen LogP contribution in [0.1, 0.15) is 26.2 Å². The maximum absolute atomic E-state index is 11.2. The number of carboxylic acids is 2. The van der Waals surface area contributed by atoms with Crippen LogP contribution in [0.4, 0.5) is 0 Å². The van der Waals surface area contributed by atoms with E-state index in [1.807, 2.05) is 6.92 Å². The van der Waals surface area contributed by atoms with E-state index in [4.69, 9.17) is 9.90 Å². The maximum atomic E-state index is 11.2. The number of unbranched alkanes of at least 4 members (excludes halogenated alkanes) is 1. The summed E-state index contributed by atoms with van der Waals surface area (Å²) in [5.41, 5.74) is 0. The monoisotopic (exact) mass is 321 g/mol. The molecule has 0 spiro atoms. The third-order valence-corrected chi connectivity index (χ3v) is 2.42. The molecule has 21 heavy (non-hydrogen) atoms. The van der Waals surface area contributed by atoms with E-state index in [9.17, 15) is 19.5 Å². The predicted octanol–water partition coefficient (Wildman–Crippen LogP) is -2.24. The Labute approximate surface area is 152 Å². The fourth-order valence-electron chi connectivity index (χ4n) is 1.47.